The van der Waals surface area contributed by atoms with Gasteiger partial charge in [-0.15, -0.1) is 0 Å². The number of carbonyl (C=O) groups excluding carboxylic acids is 1. The summed E-state index contributed by atoms with van der Waals surface area (Å²) in [6, 6.07) is 12.3. The van der Waals surface area contributed by atoms with Crippen LogP contribution < -0.4 is 4.74 Å². The number of amides is 2. The zero-order valence-corrected chi connectivity index (χ0v) is 17.1. The van der Waals surface area contributed by atoms with Crippen LogP contribution in [0.2, 0.25) is 0 Å². The highest BCUT2D eigenvalue weighted by Crippen LogP contribution is 2.31. The van der Waals surface area contributed by atoms with Crippen LogP contribution in [0.1, 0.15) is 24.2 Å². The highest BCUT2D eigenvalue weighted by atomic mass is 16.5. The van der Waals surface area contributed by atoms with Crippen LogP contribution >= 0.6 is 0 Å². The molecule has 1 atom stereocenters. The predicted octanol–water partition coefficient (Wildman–Crippen LogP) is 3.31. The fourth-order valence-corrected chi connectivity index (χ4v) is 4.38. The fourth-order valence-electron chi connectivity index (χ4n) is 4.38. The van der Waals surface area contributed by atoms with Crippen LogP contribution in [-0.2, 0) is 6.54 Å². The van der Waals surface area contributed by atoms with Gasteiger partial charge in [0.05, 0.1) is 30.2 Å². The third kappa shape index (κ3) is 3.61. The van der Waals surface area contributed by atoms with Crippen molar-refractivity contribution in [2.45, 2.75) is 32.4 Å². The second-order valence-corrected chi connectivity index (χ2v) is 8.17. The van der Waals surface area contributed by atoms with Crippen LogP contribution in [0.3, 0.4) is 0 Å². The molecule has 156 valence electrons. The van der Waals surface area contributed by atoms with Gasteiger partial charge in [-0.2, -0.15) is 0 Å². The molecular weight excluding hydrogens is 380 g/mol. The molecule has 2 aliphatic heterocycles. The molecule has 1 unspecified atom stereocenters. The molecule has 2 N–H and O–H groups in total. The summed E-state index contributed by atoms with van der Waals surface area (Å²) in [5, 5.41) is 9.94. The molecule has 3 heterocycles. The van der Waals surface area contributed by atoms with Gasteiger partial charge in [0.15, 0.2) is 0 Å². The van der Waals surface area contributed by atoms with Crippen molar-refractivity contribution in [3.63, 3.8) is 0 Å². The van der Waals surface area contributed by atoms with Gasteiger partial charge in [0, 0.05) is 18.7 Å². The van der Waals surface area contributed by atoms with E-state index in [1.54, 1.807) is 4.90 Å². The standard InChI is InChI=1S/C23H26N4O3/c1-15-24-20-6-4-17(12-21(20)25-15)16-5-7-22-18(11-16)13-27(9-10-30-22)23(29)26-8-2-3-19(28)14-26/h4-7,11-12,19,28H,2-3,8-10,13-14H2,1H3,(H,24,25). The van der Waals surface area contributed by atoms with E-state index in [9.17, 15) is 9.90 Å². The van der Waals surface area contributed by atoms with E-state index in [2.05, 4.69) is 34.2 Å². The van der Waals surface area contributed by atoms with Gasteiger partial charge in [0.2, 0.25) is 0 Å². The summed E-state index contributed by atoms with van der Waals surface area (Å²) in [5.74, 6) is 1.72. The van der Waals surface area contributed by atoms with Crippen molar-refractivity contribution in [3.8, 4) is 16.9 Å². The maximum absolute atomic E-state index is 13.0. The van der Waals surface area contributed by atoms with Crippen LogP contribution in [0, 0.1) is 6.92 Å². The molecule has 7 heteroatoms. The number of hydrogen-bond acceptors (Lipinski definition) is 4. The van der Waals surface area contributed by atoms with E-state index in [1.807, 2.05) is 24.0 Å². The van der Waals surface area contributed by atoms with Gasteiger partial charge in [0.1, 0.15) is 18.2 Å². The largest absolute Gasteiger partial charge is 0.491 e. The van der Waals surface area contributed by atoms with Crippen molar-refractivity contribution in [1.29, 1.82) is 0 Å². The van der Waals surface area contributed by atoms with Crippen molar-refractivity contribution in [2.24, 2.45) is 0 Å². The summed E-state index contributed by atoms with van der Waals surface area (Å²) in [6.45, 7) is 4.56. The Labute approximate surface area is 175 Å². The van der Waals surface area contributed by atoms with Crippen LogP contribution in [0.15, 0.2) is 36.4 Å². The maximum atomic E-state index is 13.0. The number of imidazole rings is 1. The number of piperidine rings is 1. The summed E-state index contributed by atoms with van der Waals surface area (Å²) >= 11 is 0. The van der Waals surface area contributed by atoms with E-state index in [-0.39, 0.29) is 6.03 Å². The number of ether oxygens (including phenoxy) is 1. The minimum absolute atomic E-state index is 0.0232. The SMILES string of the molecule is Cc1nc2ccc(-c3ccc4c(c3)CN(C(=O)N3CCCC(O)C3)CCO4)cc2[nH]1. The van der Waals surface area contributed by atoms with E-state index in [4.69, 9.17) is 4.74 Å². The summed E-state index contributed by atoms with van der Waals surface area (Å²) in [7, 11) is 0. The van der Waals surface area contributed by atoms with Crippen molar-refractivity contribution in [1.82, 2.24) is 19.8 Å². The number of likely N-dealkylation sites (tertiary alicyclic amines) is 1. The van der Waals surface area contributed by atoms with Gasteiger partial charge in [-0.3, -0.25) is 0 Å². The second kappa shape index (κ2) is 7.65. The first-order valence-electron chi connectivity index (χ1n) is 10.5. The molecule has 2 aromatic carbocycles. The number of aliphatic hydroxyl groups excluding tert-OH is 1. The fraction of sp³-hybridized carbons (Fsp3) is 0.391. The number of fused-ring (bicyclic) bond motifs is 2. The van der Waals surface area contributed by atoms with Crippen LogP contribution in [0.4, 0.5) is 4.79 Å². The Bertz CT molecular complexity index is 1090. The van der Waals surface area contributed by atoms with Crippen LogP contribution in [0.25, 0.3) is 22.2 Å². The maximum Gasteiger partial charge on any atom is 0.320 e. The van der Waals surface area contributed by atoms with Crippen LogP contribution in [0.5, 0.6) is 5.75 Å². The minimum atomic E-state index is -0.425. The van der Waals surface area contributed by atoms with E-state index in [1.165, 1.54) is 0 Å². The molecule has 5 rings (SSSR count). The molecule has 0 bridgehead atoms. The molecule has 1 aromatic heterocycles. The first-order chi connectivity index (χ1) is 14.6. The molecule has 7 nitrogen and oxygen atoms in total. The Morgan fingerprint density at radius 1 is 1.17 bits per heavy atom. The van der Waals surface area contributed by atoms with Gasteiger partial charge in [-0.1, -0.05) is 12.1 Å². The zero-order valence-electron chi connectivity index (χ0n) is 17.1. The number of aryl methyl sites for hydroxylation is 1. The van der Waals surface area contributed by atoms with E-state index in [0.717, 1.165) is 52.1 Å². The van der Waals surface area contributed by atoms with Crippen molar-refractivity contribution >= 4 is 17.1 Å². The number of H-pyrrole nitrogens is 1. The molecule has 30 heavy (non-hydrogen) atoms. The summed E-state index contributed by atoms with van der Waals surface area (Å²) in [6.07, 6.45) is 1.18. The van der Waals surface area contributed by atoms with Gasteiger partial charge >= 0.3 is 6.03 Å². The lowest BCUT2D eigenvalue weighted by molar-refractivity contribution is 0.0693. The molecule has 0 radical (unpaired) electrons. The van der Waals surface area contributed by atoms with Crippen molar-refractivity contribution in [3.05, 3.63) is 47.8 Å². The quantitative estimate of drug-likeness (QED) is 0.650. The Morgan fingerprint density at radius 3 is 2.87 bits per heavy atom. The molecule has 0 aliphatic carbocycles. The smallest absolute Gasteiger partial charge is 0.320 e. The lowest BCUT2D eigenvalue weighted by Gasteiger charge is -2.34. The zero-order chi connectivity index (χ0) is 20.7. The molecule has 0 spiro atoms. The number of carbonyl (C=O) groups is 1. The Kier molecular flexibility index (Phi) is 4.83. The third-order valence-corrected chi connectivity index (χ3v) is 5.91. The molecule has 1 fully saturated rings. The average molecular weight is 406 g/mol. The number of aromatic nitrogens is 2. The number of nitrogens with zero attached hydrogens (tertiary/aromatic N) is 3. The number of urea groups is 1. The van der Waals surface area contributed by atoms with Crippen molar-refractivity contribution < 1.29 is 14.6 Å². The summed E-state index contributed by atoms with van der Waals surface area (Å²) < 4.78 is 5.92. The highest BCUT2D eigenvalue weighted by Gasteiger charge is 2.28. The number of aromatic amines is 1. The van der Waals surface area contributed by atoms with E-state index >= 15 is 0 Å². The van der Waals surface area contributed by atoms with E-state index < -0.39 is 6.10 Å². The van der Waals surface area contributed by atoms with Gasteiger partial charge in [0.25, 0.3) is 0 Å². The summed E-state index contributed by atoms with van der Waals surface area (Å²) in [4.78, 5) is 24.4. The van der Waals surface area contributed by atoms with Gasteiger partial charge < -0.3 is 24.6 Å². The average Bonchev–Trinajstić information content (AvgIpc) is 2.98. The lowest BCUT2D eigenvalue weighted by atomic mass is 10.0. The van der Waals surface area contributed by atoms with Gasteiger partial charge in [-0.25, -0.2) is 9.78 Å². The van der Waals surface area contributed by atoms with E-state index in [0.29, 0.717) is 32.8 Å². The minimum Gasteiger partial charge on any atom is -0.491 e. The molecule has 3 aromatic rings. The first-order valence-corrected chi connectivity index (χ1v) is 10.5. The topological polar surface area (TPSA) is 81.7 Å². The number of rotatable bonds is 1. The number of hydrogen-bond donors (Lipinski definition) is 2. The molecule has 2 amide bonds. The van der Waals surface area contributed by atoms with Crippen molar-refractivity contribution in [2.75, 3.05) is 26.2 Å². The first kappa shape index (κ1) is 18.9. The van der Waals surface area contributed by atoms with Crippen LogP contribution in [-0.4, -0.2) is 63.3 Å². The van der Waals surface area contributed by atoms with Gasteiger partial charge in [-0.05, 0) is 55.2 Å². The third-order valence-electron chi connectivity index (χ3n) is 5.91. The Morgan fingerprint density at radius 2 is 2.00 bits per heavy atom. The second-order valence-electron chi connectivity index (χ2n) is 8.17. The predicted molar refractivity (Wildman–Crippen MR) is 114 cm³/mol. The number of nitrogens with one attached hydrogen (secondary N) is 1. The summed E-state index contributed by atoms with van der Waals surface area (Å²) in [5.41, 5.74) is 5.13. The monoisotopic (exact) mass is 406 g/mol. The Hall–Kier alpha value is -3.06. The number of benzene rings is 2. The molecular formula is C23H26N4O3. The number of β-amino-alcohol motifs (C(OH)–C–C–N with tert-alkyl or cyclic N) is 1. The lowest BCUT2D eigenvalue weighted by Crippen LogP contribution is -2.49. The Balaban J connectivity index is 1.41. The number of aliphatic hydroxyl groups is 1. The molecule has 0 saturated carbocycles. The highest BCUT2D eigenvalue weighted by molar-refractivity contribution is 5.82. The normalized spacial score (nSPS) is 19.3. The molecule has 1 saturated heterocycles. The molecule has 2 aliphatic rings.